The SMILES string of the molecule is CCOC(=O)Cc1ccc(N2CC(O)=C(c3nc4ccc(C)cc4[nH]3)C2=N)cc1. The van der Waals surface area contributed by atoms with Crippen molar-refractivity contribution in [2.45, 2.75) is 20.3 Å². The number of aliphatic hydroxyl groups excluding tert-OH is 1. The molecule has 7 heteroatoms. The standard InChI is InChI=1S/C22H22N4O3/c1-3-29-19(28)11-14-5-7-15(8-6-14)26-12-18(27)20(21(26)23)22-24-16-9-4-13(2)10-17(16)25-22/h4-10,23,27H,3,11-12H2,1-2H3,(H,24,25). The van der Waals surface area contributed by atoms with Crippen LogP contribution in [0.5, 0.6) is 0 Å². The van der Waals surface area contributed by atoms with Crippen LogP contribution in [0.15, 0.2) is 48.2 Å². The van der Waals surface area contributed by atoms with E-state index in [4.69, 9.17) is 10.1 Å². The number of carbonyl (C=O) groups excluding carboxylic acids is 1. The highest BCUT2D eigenvalue weighted by molar-refractivity contribution is 6.30. The molecule has 0 bridgehead atoms. The maximum Gasteiger partial charge on any atom is 0.310 e. The lowest BCUT2D eigenvalue weighted by Gasteiger charge is -2.19. The van der Waals surface area contributed by atoms with Crippen LogP contribution in [-0.4, -0.2) is 40.0 Å². The molecule has 3 aromatic rings. The number of aryl methyl sites for hydroxylation is 1. The third-order valence-electron chi connectivity index (χ3n) is 4.88. The summed E-state index contributed by atoms with van der Waals surface area (Å²) in [6.45, 7) is 4.33. The van der Waals surface area contributed by atoms with Gasteiger partial charge in [-0.25, -0.2) is 4.98 Å². The molecular formula is C22H22N4O3. The molecule has 0 amide bonds. The summed E-state index contributed by atoms with van der Waals surface area (Å²) in [5, 5.41) is 19.1. The number of aromatic amines is 1. The molecule has 1 aliphatic rings. The van der Waals surface area contributed by atoms with Gasteiger partial charge in [-0.15, -0.1) is 0 Å². The van der Waals surface area contributed by atoms with Crippen LogP contribution in [0.2, 0.25) is 0 Å². The Balaban J connectivity index is 1.56. The molecule has 1 aliphatic heterocycles. The number of nitrogens with zero attached hydrogens (tertiary/aromatic N) is 2. The van der Waals surface area contributed by atoms with Gasteiger partial charge in [0.2, 0.25) is 0 Å². The van der Waals surface area contributed by atoms with Gasteiger partial charge in [-0.2, -0.15) is 0 Å². The van der Waals surface area contributed by atoms with E-state index in [0.717, 1.165) is 27.8 Å². The third kappa shape index (κ3) is 3.59. The summed E-state index contributed by atoms with van der Waals surface area (Å²) >= 11 is 0. The van der Waals surface area contributed by atoms with E-state index < -0.39 is 0 Å². The summed E-state index contributed by atoms with van der Waals surface area (Å²) in [5.41, 5.74) is 4.76. The lowest BCUT2D eigenvalue weighted by Crippen LogP contribution is -2.26. The van der Waals surface area contributed by atoms with Crippen molar-refractivity contribution in [1.82, 2.24) is 9.97 Å². The number of rotatable bonds is 5. The predicted octanol–water partition coefficient (Wildman–Crippen LogP) is 3.74. The molecule has 0 saturated carbocycles. The fourth-order valence-electron chi connectivity index (χ4n) is 3.46. The van der Waals surface area contributed by atoms with E-state index in [1.165, 1.54) is 0 Å². The molecule has 0 saturated heterocycles. The quantitative estimate of drug-likeness (QED) is 0.576. The van der Waals surface area contributed by atoms with Crippen molar-refractivity contribution >= 4 is 34.1 Å². The van der Waals surface area contributed by atoms with E-state index in [-0.39, 0.29) is 30.5 Å². The van der Waals surface area contributed by atoms with Gasteiger partial charge in [0.25, 0.3) is 0 Å². The lowest BCUT2D eigenvalue weighted by atomic mass is 10.1. The lowest BCUT2D eigenvalue weighted by molar-refractivity contribution is -0.142. The fourth-order valence-corrected chi connectivity index (χ4v) is 3.46. The summed E-state index contributed by atoms with van der Waals surface area (Å²) in [6, 6.07) is 13.2. The van der Waals surface area contributed by atoms with Crippen molar-refractivity contribution in [3.8, 4) is 0 Å². The number of fused-ring (bicyclic) bond motifs is 1. The Kier molecular flexibility index (Phi) is 4.80. The van der Waals surface area contributed by atoms with E-state index in [9.17, 15) is 9.90 Å². The van der Waals surface area contributed by atoms with E-state index in [0.29, 0.717) is 18.0 Å². The van der Waals surface area contributed by atoms with Crippen LogP contribution in [0.3, 0.4) is 0 Å². The van der Waals surface area contributed by atoms with Gasteiger partial charge >= 0.3 is 5.97 Å². The molecule has 1 aromatic heterocycles. The van der Waals surface area contributed by atoms with Gasteiger partial charge in [-0.3, -0.25) is 10.2 Å². The minimum atomic E-state index is -0.268. The Hall–Kier alpha value is -3.61. The Bertz CT molecular complexity index is 1130. The molecule has 0 unspecified atom stereocenters. The number of carbonyl (C=O) groups is 1. The summed E-state index contributed by atoms with van der Waals surface area (Å²) in [4.78, 5) is 21.1. The van der Waals surface area contributed by atoms with Crippen molar-refractivity contribution in [3.05, 3.63) is 65.2 Å². The first-order valence-corrected chi connectivity index (χ1v) is 9.46. The summed E-state index contributed by atoms with van der Waals surface area (Å²) in [7, 11) is 0. The molecule has 29 heavy (non-hydrogen) atoms. The van der Waals surface area contributed by atoms with Crippen molar-refractivity contribution < 1.29 is 14.6 Å². The van der Waals surface area contributed by atoms with Crippen LogP contribution in [-0.2, 0) is 16.0 Å². The highest BCUT2D eigenvalue weighted by atomic mass is 16.5. The number of aromatic nitrogens is 2. The van der Waals surface area contributed by atoms with E-state index in [1.54, 1.807) is 11.8 Å². The van der Waals surface area contributed by atoms with E-state index >= 15 is 0 Å². The number of anilines is 1. The summed E-state index contributed by atoms with van der Waals surface area (Å²) in [6.07, 6.45) is 0.207. The van der Waals surface area contributed by atoms with Crippen LogP contribution in [0.4, 0.5) is 5.69 Å². The Morgan fingerprint density at radius 2 is 2.03 bits per heavy atom. The van der Waals surface area contributed by atoms with Crippen LogP contribution < -0.4 is 4.90 Å². The topological polar surface area (TPSA) is 102 Å². The summed E-state index contributed by atoms with van der Waals surface area (Å²) < 4.78 is 4.97. The maximum absolute atomic E-state index is 11.6. The monoisotopic (exact) mass is 390 g/mol. The smallest absolute Gasteiger partial charge is 0.310 e. The Labute approximate surface area is 168 Å². The zero-order valence-corrected chi connectivity index (χ0v) is 16.3. The summed E-state index contributed by atoms with van der Waals surface area (Å²) in [5.74, 6) is 0.489. The second-order valence-electron chi connectivity index (χ2n) is 7.01. The second kappa shape index (κ2) is 7.43. The average Bonchev–Trinajstić information content (AvgIpc) is 3.22. The Morgan fingerprint density at radius 1 is 1.28 bits per heavy atom. The molecule has 2 heterocycles. The molecule has 2 aromatic carbocycles. The Morgan fingerprint density at radius 3 is 2.76 bits per heavy atom. The molecule has 7 nitrogen and oxygen atoms in total. The molecule has 0 spiro atoms. The number of ether oxygens (including phenoxy) is 1. The molecule has 0 fully saturated rings. The minimum absolute atomic E-state index is 0.0985. The van der Waals surface area contributed by atoms with Crippen LogP contribution >= 0.6 is 0 Å². The first-order valence-electron chi connectivity index (χ1n) is 9.46. The normalized spacial score (nSPS) is 14.1. The number of hydrogen-bond donors (Lipinski definition) is 3. The first-order chi connectivity index (χ1) is 14.0. The molecule has 4 rings (SSSR count). The number of H-pyrrole nitrogens is 1. The predicted molar refractivity (Wildman–Crippen MR) is 112 cm³/mol. The molecule has 0 radical (unpaired) electrons. The van der Waals surface area contributed by atoms with Crippen LogP contribution in [0, 0.1) is 12.3 Å². The van der Waals surface area contributed by atoms with E-state index in [1.807, 2.05) is 49.4 Å². The van der Waals surface area contributed by atoms with Gasteiger partial charge in [0.05, 0.1) is 36.2 Å². The van der Waals surface area contributed by atoms with Gasteiger partial charge in [-0.05, 0) is 49.2 Å². The molecular weight excluding hydrogens is 368 g/mol. The number of imidazole rings is 1. The largest absolute Gasteiger partial charge is 0.509 e. The zero-order valence-electron chi connectivity index (χ0n) is 16.3. The molecule has 148 valence electrons. The molecule has 0 atom stereocenters. The number of benzene rings is 2. The zero-order chi connectivity index (χ0) is 20.5. The van der Waals surface area contributed by atoms with Crippen molar-refractivity contribution in [3.63, 3.8) is 0 Å². The van der Waals surface area contributed by atoms with Crippen molar-refractivity contribution in [2.75, 3.05) is 18.1 Å². The number of aliphatic hydroxyl groups is 1. The van der Waals surface area contributed by atoms with Gasteiger partial charge in [0, 0.05) is 5.69 Å². The number of hydrogen-bond acceptors (Lipinski definition) is 5. The molecule has 3 N–H and O–H groups in total. The van der Waals surface area contributed by atoms with Gasteiger partial charge in [-0.1, -0.05) is 18.2 Å². The van der Waals surface area contributed by atoms with E-state index in [2.05, 4.69) is 9.97 Å². The number of nitrogens with one attached hydrogen (secondary N) is 2. The highest BCUT2D eigenvalue weighted by Crippen LogP contribution is 2.31. The van der Waals surface area contributed by atoms with Gasteiger partial charge in [0.15, 0.2) is 0 Å². The van der Waals surface area contributed by atoms with Crippen molar-refractivity contribution in [1.29, 1.82) is 5.41 Å². The maximum atomic E-state index is 11.6. The second-order valence-corrected chi connectivity index (χ2v) is 7.01. The van der Waals surface area contributed by atoms with Gasteiger partial charge in [0.1, 0.15) is 17.4 Å². The number of esters is 1. The van der Waals surface area contributed by atoms with Crippen LogP contribution in [0.1, 0.15) is 23.9 Å². The third-order valence-corrected chi connectivity index (χ3v) is 4.88. The first kappa shape index (κ1) is 18.7. The van der Waals surface area contributed by atoms with Gasteiger partial charge < -0.3 is 19.7 Å². The highest BCUT2D eigenvalue weighted by Gasteiger charge is 2.31. The fraction of sp³-hybridized carbons (Fsp3) is 0.227. The number of amidine groups is 1. The van der Waals surface area contributed by atoms with Crippen molar-refractivity contribution in [2.24, 2.45) is 0 Å². The average molecular weight is 390 g/mol. The molecule has 0 aliphatic carbocycles. The van der Waals surface area contributed by atoms with Crippen LogP contribution in [0.25, 0.3) is 16.6 Å². The minimum Gasteiger partial charge on any atom is -0.509 e.